The summed E-state index contributed by atoms with van der Waals surface area (Å²) in [6.07, 6.45) is 3.01. The average molecular weight is 362 g/mol. The molecule has 2 amide bonds. The minimum Gasteiger partial charge on any atom is -0.367 e. The zero-order chi connectivity index (χ0) is 16.8. The van der Waals surface area contributed by atoms with Crippen LogP contribution in [0.2, 0.25) is 0 Å². The van der Waals surface area contributed by atoms with Crippen LogP contribution in [0.15, 0.2) is 46.7 Å². The van der Waals surface area contributed by atoms with E-state index in [2.05, 4.69) is 52.2 Å². The first kappa shape index (κ1) is 17.2. The molecule has 128 valence electrons. The van der Waals surface area contributed by atoms with Crippen molar-refractivity contribution in [1.82, 2.24) is 10.2 Å². The predicted molar refractivity (Wildman–Crippen MR) is 103 cm³/mol. The fourth-order valence-electron chi connectivity index (χ4n) is 2.90. The van der Waals surface area contributed by atoms with E-state index in [0.717, 1.165) is 32.6 Å². The summed E-state index contributed by atoms with van der Waals surface area (Å²) in [5.41, 5.74) is 1.28. The topological polar surface area (TPSA) is 35.6 Å². The molecular formula is C18H23N3OS2. The van der Waals surface area contributed by atoms with Gasteiger partial charge in [0.25, 0.3) is 0 Å². The number of hydrogen-bond donors (Lipinski definition) is 1. The molecule has 0 spiro atoms. The van der Waals surface area contributed by atoms with Crippen molar-refractivity contribution in [2.24, 2.45) is 0 Å². The van der Waals surface area contributed by atoms with Crippen LogP contribution in [-0.4, -0.2) is 49.9 Å². The van der Waals surface area contributed by atoms with E-state index >= 15 is 0 Å². The Kier molecular flexibility index (Phi) is 6.04. The molecule has 1 fully saturated rings. The fourth-order valence-corrected chi connectivity index (χ4v) is 4.23. The molecule has 1 N–H and O–H groups in total. The number of nitrogens with zero attached hydrogens (tertiary/aromatic N) is 2. The van der Waals surface area contributed by atoms with Gasteiger partial charge in [-0.15, -0.1) is 23.1 Å². The van der Waals surface area contributed by atoms with E-state index in [0.29, 0.717) is 6.54 Å². The van der Waals surface area contributed by atoms with Crippen molar-refractivity contribution in [3.05, 3.63) is 46.7 Å². The van der Waals surface area contributed by atoms with Crippen molar-refractivity contribution in [3.63, 3.8) is 0 Å². The number of nitrogens with one attached hydrogen (secondary N) is 1. The van der Waals surface area contributed by atoms with E-state index in [1.165, 1.54) is 15.5 Å². The number of urea groups is 1. The molecule has 1 aromatic carbocycles. The summed E-state index contributed by atoms with van der Waals surface area (Å²) in [4.78, 5) is 19.2. The molecule has 0 aliphatic carbocycles. The number of anilines is 1. The number of carbonyl (C=O) groups is 1. The summed E-state index contributed by atoms with van der Waals surface area (Å²) in [5.74, 6) is 0. The zero-order valence-electron chi connectivity index (χ0n) is 13.9. The fraction of sp³-hybridized carbons (Fsp3) is 0.389. The maximum atomic E-state index is 12.3. The summed E-state index contributed by atoms with van der Waals surface area (Å²) in [7, 11) is 0. The monoisotopic (exact) mass is 361 g/mol. The standard InChI is InChI=1S/C18H23N3OS2/c1-23-17-7-3-2-6-16(17)20-10-12-21(13-11-20)18(22)19-9-8-15-5-4-14-24-15/h2-7,14H,8-13H2,1H3,(H,19,22). The summed E-state index contributed by atoms with van der Waals surface area (Å²) in [5, 5.41) is 5.11. The third-order valence-electron chi connectivity index (χ3n) is 4.22. The molecule has 24 heavy (non-hydrogen) atoms. The molecule has 0 bridgehead atoms. The molecule has 0 atom stereocenters. The van der Waals surface area contributed by atoms with Gasteiger partial charge in [-0.05, 0) is 36.3 Å². The van der Waals surface area contributed by atoms with Crippen LogP contribution in [0.1, 0.15) is 4.88 Å². The molecule has 4 nitrogen and oxygen atoms in total. The smallest absolute Gasteiger partial charge is 0.317 e. The molecule has 0 unspecified atom stereocenters. The van der Waals surface area contributed by atoms with E-state index < -0.39 is 0 Å². The van der Waals surface area contributed by atoms with Crippen molar-refractivity contribution in [2.45, 2.75) is 11.3 Å². The molecule has 2 aromatic rings. The second-order valence-electron chi connectivity index (χ2n) is 5.71. The Hall–Kier alpha value is -1.66. The van der Waals surface area contributed by atoms with Gasteiger partial charge in [0.05, 0.1) is 5.69 Å². The number of thioether (sulfide) groups is 1. The maximum absolute atomic E-state index is 12.3. The van der Waals surface area contributed by atoms with Gasteiger partial charge in [0.1, 0.15) is 0 Å². The highest BCUT2D eigenvalue weighted by atomic mass is 32.2. The zero-order valence-corrected chi connectivity index (χ0v) is 15.5. The van der Waals surface area contributed by atoms with Crippen LogP contribution in [-0.2, 0) is 6.42 Å². The Balaban J connectivity index is 1.46. The molecular weight excluding hydrogens is 338 g/mol. The quantitative estimate of drug-likeness (QED) is 0.828. The molecule has 6 heteroatoms. The number of carbonyl (C=O) groups excluding carboxylic acids is 1. The molecule has 1 aliphatic heterocycles. The largest absolute Gasteiger partial charge is 0.367 e. The number of thiophene rings is 1. The summed E-state index contributed by atoms with van der Waals surface area (Å²) < 4.78 is 0. The van der Waals surface area contributed by atoms with Gasteiger partial charge in [0, 0.05) is 42.5 Å². The lowest BCUT2D eigenvalue weighted by molar-refractivity contribution is 0.194. The number of piperazine rings is 1. The Morgan fingerprint density at radius 2 is 1.96 bits per heavy atom. The summed E-state index contributed by atoms with van der Waals surface area (Å²) in [6.45, 7) is 4.02. The lowest BCUT2D eigenvalue weighted by atomic mass is 10.2. The van der Waals surface area contributed by atoms with Crippen LogP contribution in [0.3, 0.4) is 0 Å². The highest BCUT2D eigenvalue weighted by molar-refractivity contribution is 7.98. The van der Waals surface area contributed by atoms with Crippen LogP contribution in [0.5, 0.6) is 0 Å². The third kappa shape index (κ3) is 4.24. The molecule has 3 rings (SSSR count). The Morgan fingerprint density at radius 1 is 1.17 bits per heavy atom. The van der Waals surface area contributed by atoms with E-state index in [9.17, 15) is 4.79 Å². The van der Waals surface area contributed by atoms with Gasteiger partial charge >= 0.3 is 6.03 Å². The first-order chi connectivity index (χ1) is 11.8. The van der Waals surface area contributed by atoms with Gasteiger partial charge in [-0.25, -0.2) is 4.79 Å². The van der Waals surface area contributed by atoms with Gasteiger partial charge in [-0.2, -0.15) is 0 Å². The van der Waals surface area contributed by atoms with Gasteiger partial charge in [0.2, 0.25) is 0 Å². The minimum absolute atomic E-state index is 0.0596. The van der Waals surface area contributed by atoms with Gasteiger partial charge < -0.3 is 15.1 Å². The van der Waals surface area contributed by atoms with Crippen LogP contribution >= 0.6 is 23.1 Å². The van der Waals surface area contributed by atoms with E-state index in [1.807, 2.05) is 11.0 Å². The summed E-state index contributed by atoms with van der Waals surface area (Å²) in [6, 6.07) is 12.7. The van der Waals surface area contributed by atoms with Gasteiger partial charge in [-0.3, -0.25) is 0 Å². The second-order valence-corrected chi connectivity index (χ2v) is 7.59. The minimum atomic E-state index is 0.0596. The highest BCUT2D eigenvalue weighted by Gasteiger charge is 2.22. The number of para-hydroxylation sites is 1. The Bertz CT molecular complexity index is 652. The molecule has 1 saturated heterocycles. The van der Waals surface area contributed by atoms with Crippen molar-refractivity contribution in [1.29, 1.82) is 0 Å². The lowest BCUT2D eigenvalue weighted by Gasteiger charge is -2.36. The third-order valence-corrected chi connectivity index (χ3v) is 5.94. The summed E-state index contributed by atoms with van der Waals surface area (Å²) >= 11 is 3.51. The number of rotatable bonds is 5. The number of amides is 2. The lowest BCUT2D eigenvalue weighted by Crippen LogP contribution is -2.52. The van der Waals surface area contributed by atoms with Gasteiger partial charge in [-0.1, -0.05) is 18.2 Å². The van der Waals surface area contributed by atoms with Crippen molar-refractivity contribution in [3.8, 4) is 0 Å². The van der Waals surface area contributed by atoms with Crippen LogP contribution in [0.4, 0.5) is 10.5 Å². The Morgan fingerprint density at radius 3 is 2.67 bits per heavy atom. The first-order valence-electron chi connectivity index (χ1n) is 8.21. The van der Waals surface area contributed by atoms with Gasteiger partial charge in [0.15, 0.2) is 0 Å². The Labute approximate surface area is 151 Å². The van der Waals surface area contributed by atoms with Crippen LogP contribution in [0, 0.1) is 0 Å². The SMILES string of the molecule is CSc1ccccc1N1CCN(C(=O)NCCc2cccs2)CC1. The average Bonchev–Trinajstić information content (AvgIpc) is 3.15. The normalized spacial score (nSPS) is 14.7. The predicted octanol–water partition coefficient (Wildman–Crippen LogP) is 3.54. The van der Waals surface area contributed by atoms with Crippen molar-refractivity contribution >= 4 is 34.8 Å². The van der Waals surface area contributed by atoms with E-state index in [-0.39, 0.29) is 6.03 Å². The second kappa shape index (κ2) is 8.44. The molecule has 1 aromatic heterocycles. The van der Waals surface area contributed by atoms with Crippen molar-refractivity contribution in [2.75, 3.05) is 43.9 Å². The first-order valence-corrected chi connectivity index (χ1v) is 10.3. The molecule has 0 radical (unpaired) electrons. The number of benzene rings is 1. The van der Waals surface area contributed by atoms with Crippen molar-refractivity contribution < 1.29 is 4.79 Å². The molecule has 1 aliphatic rings. The number of hydrogen-bond acceptors (Lipinski definition) is 4. The van der Waals surface area contributed by atoms with Crippen LogP contribution in [0.25, 0.3) is 0 Å². The highest BCUT2D eigenvalue weighted by Crippen LogP contribution is 2.28. The van der Waals surface area contributed by atoms with E-state index in [1.54, 1.807) is 23.1 Å². The van der Waals surface area contributed by atoms with Crippen LogP contribution < -0.4 is 10.2 Å². The molecule has 2 heterocycles. The van der Waals surface area contributed by atoms with E-state index in [4.69, 9.17) is 0 Å². The maximum Gasteiger partial charge on any atom is 0.317 e. The molecule has 0 saturated carbocycles.